The Hall–Kier alpha value is -1.88. The average molecular weight is 329 g/mol. The van der Waals surface area contributed by atoms with E-state index in [2.05, 4.69) is 36.3 Å². The van der Waals surface area contributed by atoms with Crippen LogP contribution in [0.3, 0.4) is 0 Å². The topological polar surface area (TPSA) is 52.7 Å². The van der Waals surface area contributed by atoms with Gasteiger partial charge in [-0.2, -0.15) is 0 Å². The first-order chi connectivity index (χ1) is 11.4. The van der Waals surface area contributed by atoms with Crippen molar-refractivity contribution >= 4 is 17.5 Å². The molecule has 2 fully saturated rings. The van der Waals surface area contributed by atoms with Crippen LogP contribution in [0.1, 0.15) is 23.1 Å². The Labute approximate surface area is 144 Å². The van der Waals surface area contributed by atoms with Gasteiger partial charge in [0.25, 0.3) is 0 Å². The zero-order valence-corrected chi connectivity index (χ0v) is 15.1. The van der Waals surface area contributed by atoms with Crippen molar-refractivity contribution in [2.75, 3.05) is 38.5 Å². The van der Waals surface area contributed by atoms with Crippen LogP contribution in [-0.2, 0) is 9.59 Å². The number of amides is 2. The molecule has 1 saturated heterocycles. The second-order valence-corrected chi connectivity index (χ2v) is 7.34. The summed E-state index contributed by atoms with van der Waals surface area (Å²) in [6.07, 6.45) is 0.682. The maximum atomic E-state index is 12.5. The lowest BCUT2D eigenvalue weighted by atomic mass is 10.0. The van der Waals surface area contributed by atoms with Crippen LogP contribution < -0.4 is 5.32 Å². The highest BCUT2D eigenvalue weighted by atomic mass is 16.2. The Morgan fingerprint density at radius 1 is 1.00 bits per heavy atom. The van der Waals surface area contributed by atoms with Crippen molar-refractivity contribution in [2.24, 2.45) is 11.8 Å². The van der Waals surface area contributed by atoms with E-state index < -0.39 is 0 Å². The summed E-state index contributed by atoms with van der Waals surface area (Å²) < 4.78 is 0. The van der Waals surface area contributed by atoms with E-state index in [1.54, 1.807) is 0 Å². The minimum atomic E-state index is -0.169. The highest BCUT2D eigenvalue weighted by Gasteiger charge is 2.49. The minimum absolute atomic E-state index is 0.0162. The number of aryl methyl sites for hydroxylation is 3. The number of rotatable bonds is 3. The fraction of sp³-hybridized carbons (Fsp3) is 0.579. The lowest BCUT2D eigenvalue weighted by Gasteiger charge is -2.32. The van der Waals surface area contributed by atoms with Gasteiger partial charge in [0.05, 0.1) is 11.8 Å². The summed E-state index contributed by atoms with van der Waals surface area (Å²) in [4.78, 5) is 29.2. The van der Waals surface area contributed by atoms with Gasteiger partial charge in [-0.25, -0.2) is 0 Å². The van der Waals surface area contributed by atoms with Crippen molar-refractivity contribution < 1.29 is 9.59 Å². The molecule has 5 nitrogen and oxygen atoms in total. The molecule has 2 amide bonds. The van der Waals surface area contributed by atoms with Gasteiger partial charge in [-0.05, 0) is 45.4 Å². The van der Waals surface area contributed by atoms with Gasteiger partial charge in [0.2, 0.25) is 11.8 Å². The van der Waals surface area contributed by atoms with Crippen LogP contribution in [0.15, 0.2) is 12.1 Å². The number of nitrogens with one attached hydrogen (secondary N) is 1. The summed E-state index contributed by atoms with van der Waals surface area (Å²) in [7, 11) is 2.07. The van der Waals surface area contributed by atoms with E-state index >= 15 is 0 Å². The number of hydrogen-bond donors (Lipinski definition) is 1. The third-order valence-electron chi connectivity index (χ3n) is 5.18. The van der Waals surface area contributed by atoms with Gasteiger partial charge in [-0.1, -0.05) is 17.7 Å². The molecule has 0 spiro atoms. The normalized spacial score (nSPS) is 23.9. The van der Waals surface area contributed by atoms with Gasteiger partial charge >= 0.3 is 0 Å². The Morgan fingerprint density at radius 3 is 2.17 bits per heavy atom. The summed E-state index contributed by atoms with van der Waals surface area (Å²) in [6.45, 7) is 9.45. The number of carbonyl (C=O) groups excluding carboxylic acids is 2. The van der Waals surface area contributed by atoms with Crippen molar-refractivity contribution in [1.82, 2.24) is 9.80 Å². The summed E-state index contributed by atoms with van der Waals surface area (Å²) >= 11 is 0. The van der Waals surface area contributed by atoms with Crippen LogP contribution in [0, 0.1) is 32.6 Å². The van der Waals surface area contributed by atoms with Crippen molar-refractivity contribution in [3.8, 4) is 0 Å². The molecular formula is C19H27N3O2. The molecule has 3 rings (SSSR count). The number of carbonyl (C=O) groups is 2. The lowest BCUT2D eigenvalue weighted by molar-refractivity contribution is -0.135. The second kappa shape index (κ2) is 6.55. The molecule has 1 aliphatic carbocycles. The van der Waals surface area contributed by atoms with Gasteiger partial charge in [-0.15, -0.1) is 0 Å². The SMILES string of the molecule is Cc1cc(C)c(NC(=O)C2CC2C(=O)N2CCN(C)CC2)c(C)c1. The zero-order chi connectivity index (χ0) is 17.4. The lowest BCUT2D eigenvalue weighted by Crippen LogP contribution is -2.48. The molecule has 0 bridgehead atoms. The number of likely N-dealkylation sites (N-methyl/N-ethyl adjacent to an activating group) is 1. The summed E-state index contributed by atoms with van der Waals surface area (Å²) in [5.41, 5.74) is 4.23. The smallest absolute Gasteiger partial charge is 0.228 e. The van der Waals surface area contributed by atoms with Crippen molar-refractivity contribution in [3.05, 3.63) is 28.8 Å². The fourth-order valence-electron chi connectivity index (χ4n) is 3.61. The molecule has 2 aliphatic rings. The standard InChI is InChI=1S/C19H27N3O2/c1-12-9-13(2)17(14(3)10-12)20-18(23)15-11-16(15)19(24)22-7-5-21(4)6-8-22/h9-10,15-16H,5-8,11H2,1-4H3,(H,20,23). The van der Waals surface area contributed by atoms with Crippen LogP contribution in [-0.4, -0.2) is 54.8 Å². The van der Waals surface area contributed by atoms with Gasteiger partial charge in [0.15, 0.2) is 0 Å². The van der Waals surface area contributed by atoms with Crippen molar-refractivity contribution in [2.45, 2.75) is 27.2 Å². The molecule has 2 atom stereocenters. The molecule has 1 N–H and O–H groups in total. The van der Waals surface area contributed by atoms with Gasteiger partial charge in [0, 0.05) is 31.9 Å². The molecule has 0 aromatic heterocycles. The van der Waals surface area contributed by atoms with E-state index in [0.29, 0.717) is 6.42 Å². The average Bonchev–Trinajstić information content (AvgIpc) is 3.31. The first-order valence-electron chi connectivity index (χ1n) is 8.73. The van der Waals surface area contributed by atoms with Gasteiger partial charge in [-0.3, -0.25) is 9.59 Å². The van der Waals surface area contributed by atoms with Crippen molar-refractivity contribution in [3.63, 3.8) is 0 Å². The van der Waals surface area contributed by atoms with E-state index in [-0.39, 0.29) is 23.7 Å². The monoisotopic (exact) mass is 329 g/mol. The maximum Gasteiger partial charge on any atom is 0.228 e. The Balaban J connectivity index is 1.59. The van der Waals surface area contributed by atoms with Crippen LogP contribution in [0.2, 0.25) is 0 Å². The van der Waals surface area contributed by atoms with E-state index in [1.165, 1.54) is 5.56 Å². The summed E-state index contributed by atoms with van der Waals surface area (Å²) in [5, 5.41) is 3.04. The molecule has 1 heterocycles. The molecule has 5 heteroatoms. The highest BCUT2D eigenvalue weighted by Crippen LogP contribution is 2.41. The Bertz CT molecular complexity index is 640. The molecule has 1 aromatic rings. The van der Waals surface area contributed by atoms with Crippen LogP contribution in [0.5, 0.6) is 0 Å². The fourth-order valence-corrected chi connectivity index (χ4v) is 3.61. The summed E-state index contributed by atoms with van der Waals surface area (Å²) in [6, 6.07) is 4.14. The van der Waals surface area contributed by atoms with Gasteiger partial charge < -0.3 is 15.1 Å². The largest absolute Gasteiger partial charge is 0.340 e. The molecule has 1 saturated carbocycles. The van der Waals surface area contributed by atoms with Crippen LogP contribution in [0.25, 0.3) is 0 Å². The molecule has 0 radical (unpaired) electrons. The number of benzene rings is 1. The van der Waals surface area contributed by atoms with Gasteiger partial charge in [0.1, 0.15) is 0 Å². The molecule has 130 valence electrons. The second-order valence-electron chi connectivity index (χ2n) is 7.34. The predicted octanol–water partition coefficient (Wildman–Crippen LogP) is 1.96. The minimum Gasteiger partial charge on any atom is -0.340 e. The Kier molecular flexibility index (Phi) is 4.63. The molecular weight excluding hydrogens is 302 g/mol. The quantitative estimate of drug-likeness (QED) is 0.922. The first-order valence-corrected chi connectivity index (χ1v) is 8.73. The summed E-state index contributed by atoms with van der Waals surface area (Å²) in [5.74, 6) is -0.158. The van der Waals surface area contributed by atoms with E-state index in [9.17, 15) is 9.59 Å². The van der Waals surface area contributed by atoms with Crippen LogP contribution in [0.4, 0.5) is 5.69 Å². The third kappa shape index (κ3) is 3.46. The molecule has 24 heavy (non-hydrogen) atoms. The molecule has 2 unspecified atom stereocenters. The van der Waals surface area contributed by atoms with E-state index in [4.69, 9.17) is 0 Å². The molecule has 1 aromatic carbocycles. The highest BCUT2D eigenvalue weighted by molar-refractivity contribution is 6.00. The number of piperazine rings is 1. The Morgan fingerprint density at radius 2 is 1.58 bits per heavy atom. The van der Waals surface area contributed by atoms with Crippen LogP contribution >= 0.6 is 0 Å². The predicted molar refractivity (Wildman–Crippen MR) is 95.0 cm³/mol. The zero-order valence-electron chi connectivity index (χ0n) is 15.1. The third-order valence-corrected chi connectivity index (χ3v) is 5.18. The number of hydrogen-bond acceptors (Lipinski definition) is 3. The van der Waals surface area contributed by atoms with Crippen molar-refractivity contribution in [1.29, 1.82) is 0 Å². The molecule has 1 aliphatic heterocycles. The number of anilines is 1. The maximum absolute atomic E-state index is 12.5. The first kappa shape index (κ1) is 17.0. The number of nitrogens with zero attached hydrogens (tertiary/aromatic N) is 2. The van der Waals surface area contributed by atoms with E-state index in [0.717, 1.165) is 43.0 Å². The van der Waals surface area contributed by atoms with E-state index in [1.807, 2.05) is 18.7 Å².